The zero-order chi connectivity index (χ0) is 17.1. The van der Waals surface area contributed by atoms with E-state index in [0.29, 0.717) is 11.4 Å². The van der Waals surface area contributed by atoms with E-state index in [1.165, 1.54) is 0 Å². The molecule has 1 N–H and O–H groups in total. The summed E-state index contributed by atoms with van der Waals surface area (Å²) in [5.41, 5.74) is 3.27. The number of hydrogen-bond donors (Lipinski definition) is 1. The number of aromatic nitrogens is 2. The summed E-state index contributed by atoms with van der Waals surface area (Å²) in [5.74, 6) is 0.350. The minimum absolute atomic E-state index is 0.185. The number of carbonyl (C=O) groups excluding carboxylic acids is 1. The third kappa shape index (κ3) is 3.10. The SMILES string of the molecule is O=C(Nc1ccc2ccccc2n1)c1ccccc1-c1ccncc1. The normalized spacial score (nSPS) is 10.6. The van der Waals surface area contributed by atoms with E-state index in [2.05, 4.69) is 15.3 Å². The lowest BCUT2D eigenvalue weighted by atomic mass is 10.0. The molecule has 0 saturated carbocycles. The topological polar surface area (TPSA) is 54.9 Å². The Morgan fingerprint density at radius 2 is 1.56 bits per heavy atom. The maximum atomic E-state index is 12.8. The van der Waals surface area contributed by atoms with Gasteiger partial charge in [-0.05, 0) is 47.5 Å². The van der Waals surface area contributed by atoms with Gasteiger partial charge in [0.15, 0.2) is 0 Å². The predicted molar refractivity (Wildman–Crippen MR) is 99.4 cm³/mol. The molecule has 2 heterocycles. The Bertz CT molecular complexity index is 1040. The molecule has 0 aliphatic rings. The lowest BCUT2D eigenvalue weighted by Gasteiger charge is -2.10. The maximum absolute atomic E-state index is 12.8. The summed E-state index contributed by atoms with van der Waals surface area (Å²) in [5, 5.41) is 3.93. The molecule has 4 nitrogen and oxygen atoms in total. The van der Waals surface area contributed by atoms with Crippen molar-refractivity contribution in [2.24, 2.45) is 0 Å². The monoisotopic (exact) mass is 325 g/mol. The van der Waals surface area contributed by atoms with E-state index >= 15 is 0 Å². The second-order valence-electron chi connectivity index (χ2n) is 5.62. The second-order valence-corrected chi connectivity index (χ2v) is 5.62. The van der Waals surface area contributed by atoms with Crippen molar-refractivity contribution in [3.05, 3.63) is 90.8 Å². The van der Waals surface area contributed by atoms with Crippen LogP contribution in [-0.4, -0.2) is 15.9 Å². The Morgan fingerprint density at radius 3 is 2.44 bits per heavy atom. The van der Waals surface area contributed by atoms with Gasteiger partial charge in [-0.1, -0.05) is 36.4 Å². The number of hydrogen-bond acceptors (Lipinski definition) is 3. The van der Waals surface area contributed by atoms with Crippen LogP contribution >= 0.6 is 0 Å². The molecule has 4 aromatic rings. The second kappa shape index (κ2) is 6.53. The molecular weight excluding hydrogens is 310 g/mol. The van der Waals surface area contributed by atoms with E-state index in [0.717, 1.165) is 22.0 Å². The molecule has 2 aromatic carbocycles. The standard InChI is InChI=1S/C21H15N3O/c25-21(24-20-10-9-16-5-1-4-8-19(16)23-20)18-7-3-2-6-17(18)15-11-13-22-14-12-15/h1-14H,(H,23,24,25). The molecule has 4 heteroatoms. The highest BCUT2D eigenvalue weighted by Gasteiger charge is 2.13. The van der Waals surface area contributed by atoms with Crippen LogP contribution in [0.15, 0.2) is 85.2 Å². The number of para-hydroxylation sites is 1. The Balaban J connectivity index is 1.67. The highest BCUT2D eigenvalue weighted by atomic mass is 16.1. The average Bonchev–Trinajstić information content (AvgIpc) is 2.68. The van der Waals surface area contributed by atoms with Crippen LogP contribution in [-0.2, 0) is 0 Å². The van der Waals surface area contributed by atoms with Gasteiger partial charge in [-0.15, -0.1) is 0 Å². The van der Waals surface area contributed by atoms with Crippen LogP contribution in [0.25, 0.3) is 22.0 Å². The van der Waals surface area contributed by atoms with E-state index in [4.69, 9.17) is 0 Å². The van der Waals surface area contributed by atoms with Crippen molar-refractivity contribution in [3.8, 4) is 11.1 Å². The van der Waals surface area contributed by atoms with Gasteiger partial charge in [0.2, 0.25) is 0 Å². The molecule has 0 bridgehead atoms. The summed E-state index contributed by atoms with van der Waals surface area (Å²) in [4.78, 5) is 21.3. The van der Waals surface area contributed by atoms with Crippen molar-refractivity contribution in [1.82, 2.24) is 9.97 Å². The Morgan fingerprint density at radius 1 is 0.800 bits per heavy atom. The van der Waals surface area contributed by atoms with E-state index in [1.807, 2.05) is 72.8 Å². The van der Waals surface area contributed by atoms with Gasteiger partial charge in [0.25, 0.3) is 5.91 Å². The predicted octanol–water partition coefficient (Wildman–Crippen LogP) is 4.55. The number of benzene rings is 2. The number of rotatable bonds is 3. The van der Waals surface area contributed by atoms with Gasteiger partial charge in [0, 0.05) is 23.3 Å². The lowest BCUT2D eigenvalue weighted by Crippen LogP contribution is -2.14. The van der Waals surface area contributed by atoms with Gasteiger partial charge in [0.1, 0.15) is 5.82 Å². The van der Waals surface area contributed by atoms with Crippen molar-refractivity contribution in [2.75, 3.05) is 5.32 Å². The molecule has 0 saturated heterocycles. The third-order valence-corrected chi connectivity index (χ3v) is 4.00. The molecule has 0 aliphatic carbocycles. The van der Waals surface area contributed by atoms with E-state index < -0.39 is 0 Å². The smallest absolute Gasteiger partial charge is 0.257 e. The van der Waals surface area contributed by atoms with E-state index in [-0.39, 0.29) is 5.91 Å². The lowest BCUT2D eigenvalue weighted by molar-refractivity contribution is 0.102. The minimum atomic E-state index is -0.185. The molecular formula is C21H15N3O. The van der Waals surface area contributed by atoms with E-state index in [9.17, 15) is 4.79 Å². The van der Waals surface area contributed by atoms with Crippen molar-refractivity contribution >= 4 is 22.6 Å². The van der Waals surface area contributed by atoms with Crippen LogP contribution in [0.1, 0.15) is 10.4 Å². The van der Waals surface area contributed by atoms with Gasteiger partial charge in [-0.3, -0.25) is 9.78 Å². The summed E-state index contributed by atoms with van der Waals surface area (Å²) in [6.07, 6.45) is 3.43. The number of nitrogens with zero attached hydrogens (tertiary/aromatic N) is 2. The van der Waals surface area contributed by atoms with Crippen LogP contribution in [0.5, 0.6) is 0 Å². The summed E-state index contributed by atoms with van der Waals surface area (Å²) < 4.78 is 0. The van der Waals surface area contributed by atoms with Crippen molar-refractivity contribution < 1.29 is 4.79 Å². The zero-order valence-corrected chi connectivity index (χ0v) is 13.4. The first-order valence-corrected chi connectivity index (χ1v) is 7.98. The first-order chi connectivity index (χ1) is 12.3. The highest BCUT2D eigenvalue weighted by molar-refractivity contribution is 6.08. The molecule has 0 fully saturated rings. The fraction of sp³-hybridized carbons (Fsp3) is 0. The van der Waals surface area contributed by atoms with Crippen LogP contribution in [0.3, 0.4) is 0 Å². The summed E-state index contributed by atoms with van der Waals surface area (Å²) >= 11 is 0. The number of carbonyl (C=O) groups is 1. The van der Waals surface area contributed by atoms with Gasteiger partial charge >= 0.3 is 0 Å². The quantitative estimate of drug-likeness (QED) is 0.601. The highest BCUT2D eigenvalue weighted by Crippen LogP contribution is 2.24. The van der Waals surface area contributed by atoms with Gasteiger partial charge in [0.05, 0.1) is 5.52 Å². The Kier molecular flexibility index (Phi) is 3.92. The number of fused-ring (bicyclic) bond motifs is 1. The molecule has 2 aromatic heterocycles. The van der Waals surface area contributed by atoms with Crippen molar-refractivity contribution in [1.29, 1.82) is 0 Å². The van der Waals surface area contributed by atoms with Crippen LogP contribution in [0.4, 0.5) is 5.82 Å². The first-order valence-electron chi connectivity index (χ1n) is 7.98. The Hall–Kier alpha value is -3.53. The molecule has 1 amide bonds. The number of amides is 1. The molecule has 25 heavy (non-hydrogen) atoms. The summed E-state index contributed by atoms with van der Waals surface area (Å²) in [6, 6.07) is 22.9. The van der Waals surface area contributed by atoms with Gasteiger partial charge in [-0.25, -0.2) is 4.98 Å². The molecule has 0 aliphatic heterocycles. The van der Waals surface area contributed by atoms with Crippen LogP contribution < -0.4 is 5.32 Å². The van der Waals surface area contributed by atoms with Crippen LogP contribution in [0, 0.1) is 0 Å². The fourth-order valence-corrected chi connectivity index (χ4v) is 2.78. The summed E-state index contributed by atoms with van der Waals surface area (Å²) in [7, 11) is 0. The molecule has 120 valence electrons. The fourth-order valence-electron chi connectivity index (χ4n) is 2.78. The third-order valence-electron chi connectivity index (χ3n) is 4.00. The molecule has 0 radical (unpaired) electrons. The van der Waals surface area contributed by atoms with E-state index in [1.54, 1.807) is 12.4 Å². The average molecular weight is 325 g/mol. The molecule has 0 spiro atoms. The summed E-state index contributed by atoms with van der Waals surface area (Å²) in [6.45, 7) is 0. The number of nitrogens with one attached hydrogen (secondary N) is 1. The zero-order valence-electron chi connectivity index (χ0n) is 13.4. The van der Waals surface area contributed by atoms with Crippen molar-refractivity contribution in [3.63, 3.8) is 0 Å². The molecule has 0 atom stereocenters. The molecule has 4 rings (SSSR count). The largest absolute Gasteiger partial charge is 0.307 e. The minimum Gasteiger partial charge on any atom is -0.307 e. The van der Waals surface area contributed by atoms with Gasteiger partial charge in [-0.2, -0.15) is 0 Å². The van der Waals surface area contributed by atoms with Crippen LogP contribution in [0.2, 0.25) is 0 Å². The number of anilines is 1. The first kappa shape index (κ1) is 15.0. The number of pyridine rings is 2. The Labute approximate surface area is 145 Å². The van der Waals surface area contributed by atoms with Gasteiger partial charge < -0.3 is 5.32 Å². The maximum Gasteiger partial charge on any atom is 0.257 e. The molecule has 0 unspecified atom stereocenters. The van der Waals surface area contributed by atoms with Crippen molar-refractivity contribution in [2.45, 2.75) is 0 Å².